The fourth-order valence-electron chi connectivity index (χ4n) is 3.38. The van der Waals surface area contributed by atoms with Gasteiger partial charge in [0.25, 0.3) is 0 Å². The zero-order chi connectivity index (χ0) is 13.5. The molecular formula is C15H22N2OS. The Morgan fingerprint density at radius 3 is 2.79 bits per heavy atom. The number of amides is 1. The number of rotatable bonds is 3. The molecule has 2 aliphatic rings. The van der Waals surface area contributed by atoms with Crippen molar-refractivity contribution in [1.29, 1.82) is 0 Å². The van der Waals surface area contributed by atoms with Gasteiger partial charge in [0, 0.05) is 11.4 Å². The van der Waals surface area contributed by atoms with Crippen LogP contribution in [-0.2, 0) is 4.79 Å². The predicted molar refractivity (Wildman–Crippen MR) is 77.9 cm³/mol. The molecule has 0 bridgehead atoms. The van der Waals surface area contributed by atoms with Gasteiger partial charge in [0.1, 0.15) is 6.17 Å². The first-order chi connectivity index (χ1) is 9.12. The summed E-state index contributed by atoms with van der Waals surface area (Å²) in [7, 11) is 0. The van der Waals surface area contributed by atoms with E-state index in [1.54, 1.807) is 11.3 Å². The van der Waals surface area contributed by atoms with Crippen molar-refractivity contribution >= 4 is 17.2 Å². The van der Waals surface area contributed by atoms with Gasteiger partial charge in [0.2, 0.25) is 5.91 Å². The number of thiophene rings is 1. The number of hydrogen-bond acceptors (Lipinski definition) is 3. The highest BCUT2D eigenvalue weighted by atomic mass is 32.1. The molecule has 0 aromatic carbocycles. The molecule has 104 valence electrons. The van der Waals surface area contributed by atoms with Crippen LogP contribution in [0.1, 0.15) is 50.6 Å². The van der Waals surface area contributed by atoms with Gasteiger partial charge in [-0.05, 0) is 30.2 Å². The summed E-state index contributed by atoms with van der Waals surface area (Å²) in [5.74, 6) is 0.835. The smallest absolute Gasteiger partial charge is 0.244 e. The molecule has 1 aromatic rings. The monoisotopic (exact) mass is 278 g/mol. The Kier molecular flexibility index (Phi) is 3.39. The average molecular weight is 278 g/mol. The van der Waals surface area contributed by atoms with Crippen molar-refractivity contribution < 1.29 is 4.79 Å². The van der Waals surface area contributed by atoms with Crippen molar-refractivity contribution in [1.82, 2.24) is 10.2 Å². The minimum atomic E-state index is -0.260. The lowest BCUT2D eigenvalue weighted by molar-refractivity contribution is -0.133. The second-order valence-corrected chi connectivity index (χ2v) is 7.18. The van der Waals surface area contributed by atoms with E-state index in [-0.39, 0.29) is 11.7 Å². The second-order valence-electron chi connectivity index (χ2n) is 6.20. The minimum Gasteiger partial charge on any atom is -0.320 e. The molecule has 3 nitrogen and oxygen atoms in total. The molecule has 19 heavy (non-hydrogen) atoms. The SMILES string of the molecule is CC(C)CN1C(=O)C2(CCCC2)NC1c1cccs1. The molecule has 1 saturated carbocycles. The van der Waals surface area contributed by atoms with E-state index < -0.39 is 0 Å². The van der Waals surface area contributed by atoms with Crippen LogP contribution in [0, 0.1) is 5.92 Å². The van der Waals surface area contributed by atoms with Gasteiger partial charge in [-0.15, -0.1) is 11.3 Å². The molecule has 1 spiro atoms. The molecule has 4 heteroatoms. The molecule has 1 aliphatic carbocycles. The maximum atomic E-state index is 12.8. The molecule has 2 heterocycles. The highest BCUT2D eigenvalue weighted by Crippen LogP contribution is 2.41. The van der Waals surface area contributed by atoms with Gasteiger partial charge >= 0.3 is 0 Å². The van der Waals surface area contributed by atoms with E-state index in [2.05, 4.69) is 41.6 Å². The van der Waals surface area contributed by atoms with Crippen LogP contribution in [0.15, 0.2) is 17.5 Å². The Morgan fingerprint density at radius 1 is 1.47 bits per heavy atom. The lowest BCUT2D eigenvalue weighted by Crippen LogP contribution is -2.44. The predicted octanol–water partition coefficient (Wildman–Crippen LogP) is 3.15. The van der Waals surface area contributed by atoms with Crippen LogP contribution in [0.25, 0.3) is 0 Å². The van der Waals surface area contributed by atoms with E-state index in [4.69, 9.17) is 0 Å². The van der Waals surface area contributed by atoms with E-state index in [1.807, 2.05) is 0 Å². The van der Waals surface area contributed by atoms with Gasteiger partial charge in [0.15, 0.2) is 0 Å². The van der Waals surface area contributed by atoms with Gasteiger partial charge in [0.05, 0.1) is 5.54 Å². The van der Waals surface area contributed by atoms with Crippen LogP contribution in [0.5, 0.6) is 0 Å². The van der Waals surface area contributed by atoms with Crippen molar-refractivity contribution in [3.63, 3.8) is 0 Å². The largest absolute Gasteiger partial charge is 0.320 e. The Balaban J connectivity index is 1.91. The molecule has 1 saturated heterocycles. The highest BCUT2D eigenvalue weighted by Gasteiger charge is 2.52. The molecule has 1 aromatic heterocycles. The summed E-state index contributed by atoms with van der Waals surface area (Å²) in [6.45, 7) is 5.20. The van der Waals surface area contributed by atoms with Gasteiger partial charge in [-0.25, -0.2) is 0 Å². The molecule has 1 N–H and O–H groups in total. The number of nitrogens with one attached hydrogen (secondary N) is 1. The summed E-state index contributed by atoms with van der Waals surface area (Å²) in [4.78, 5) is 16.2. The van der Waals surface area contributed by atoms with Crippen LogP contribution in [0.4, 0.5) is 0 Å². The van der Waals surface area contributed by atoms with Gasteiger partial charge in [-0.2, -0.15) is 0 Å². The zero-order valence-corrected chi connectivity index (χ0v) is 12.5. The summed E-state index contributed by atoms with van der Waals surface area (Å²) in [5, 5.41) is 5.75. The Labute approximate surface area is 119 Å². The number of hydrogen-bond donors (Lipinski definition) is 1. The molecule has 1 amide bonds. The maximum Gasteiger partial charge on any atom is 0.244 e. The summed E-state index contributed by atoms with van der Waals surface area (Å²) in [5.41, 5.74) is -0.260. The van der Waals surface area contributed by atoms with Gasteiger partial charge < -0.3 is 4.90 Å². The molecule has 3 rings (SSSR count). The van der Waals surface area contributed by atoms with Gasteiger partial charge in [-0.1, -0.05) is 32.8 Å². The van der Waals surface area contributed by atoms with E-state index in [1.165, 1.54) is 17.7 Å². The quantitative estimate of drug-likeness (QED) is 0.921. The van der Waals surface area contributed by atoms with Crippen molar-refractivity contribution in [3.05, 3.63) is 22.4 Å². The van der Waals surface area contributed by atoms with Crippen molar-refractivity contribution in [2.45, 2.75) is 51.2 Å². The summed E-state index contributed by atoms with van der Waals surface area (Å²) in [6.07, 6.45) is 4.44. The third-order valence-corrected chi connectivity index (χ3v) is 5.15. The first-order valence-electron chi connectivity index (χ1n) is 7.24. The molecule has 1 atom stereocenters. The normalized spacial score (nSPS) is 25.9. The molecule has 1 unspecified atom stereocenters. The number of carbonyl (C=O) groups is 1. The van der Waals surface area contributed by atoms with E-state index in [9.17, 15) is 4.79 Å². The summed E-state index contributed by atoms with van der Waals surface area (Å²) in [6, 6.07) is 4.20. The minimum absolute atomic E-state index is 0.0907. The Bertz CT molecular complexity index is 449. The van der Waals surface area contributed by atoms with Gasteiger partial charge in [-0.3, -0.25) is 10.1 Å². The third kappa shape index (κ3) is 2.21. The molecule has 1 aliphatic heterocycles. The van der Waals surface area contributed by atoms with Crippen LogP contribution < -0.4 is 5.32 Å². The van der Waals surface area contributed by atoms with Crippen molar-refractivity contribution in [2.75, 3.05) is 6.54 Å². The fourth-order valence-corrected chi connectivity index (χ4v) is 4.17. The summed E-state index contributed by atoms with van der Waals surface area (Å²) < 4.78 is 0. The number of carbonyl (C=O) groups excluding carboxylic acids is 1. The van der Waals surface area contributed by atoms with Crippen LogP contribution in [0.2, 0.25) is 0 Å². The lowest BCUT2D eigenvalue weighted by Gasteiger charge is -2.25. The third-order valence-electron chi connectivity index (χ3n) is 4.23. The molecular weight excluding hydrogens is 256 g/mol. The standard InChI is InChI=1S/C15H22N2OS/c1-11(2)10-17-13(12-6-5-9-19-12)16-15(14(17)18)7-3-4-8-15/h5-6,9,11,13,16H,3-4,7-8,10H2,1-2H3. The first-order valence-corrected chi connectivity index (χ1v) is 8.12. The topological polar surface area (TPSA) is 32.3 Å². The number of nitrogens with zero attached hydrogens (tertiary/aromatic N) is 1. The van der Waals surface area contributed by atoms with Crippen LogP contribution in [0.3, 0.4) is 0 Å². The lowest BCUT2D eigenvalue weighted by atomic mass is 9.98. The van der Waals surface area contributed by atoms with E-state index in [0.717, 1.165) is 19.4 Å². The first kappa shape index (κ1) is 13.1. The second kappa shape index (κ2) is 4.91. The summed E-state index contributed by atoms with van der Waals surface area (Å²) >= 11 is 1.74. The molecule has 0 radical (unpaired) electrons. The Morgan fingerprint density at radius 2 is 2.21 bits per heavy atom. The van der Waals surface area contributed by atoms with Crippen LogP contribution in [-0.4, -0.2) is 22.9 Å². The Hall–Kier alpha value is -0.870. The fraction of sp³-hybridized carbons (Fsp3) is 0.667. The van der Waals surface area contributed by atoms with E-state index >= 15 is 0 Å². The van der Waals surface area contributed by atoms with Crippen molar-refractivity contribution in [3.8, 4) is 0 Å². The molecule has 2 fully saturated rings. The zero-order valence-electron chi connectivity index (χ0n) is 11.7. The average Bonchev–Trinajstić information content (AvgIpc) is 3.07. The highest BCUT2D eigenvalue weighted by molar-refractivity contribution is 7.10. The maximum absolute atomic E-state index is 12.8. The van der Waals surface area contributed by atoms with Crippen LogP contribution >= 0.6 is 11.3 Å². The van der Waals surface area contributed by atoms with E-state index in [0.29, 0.717) is 11.8 Å². The van der Waals surface area contributed by atoms with Crippen molar-refractivity contribution in [2.24, 2.45) is 5.92 Å².